The lowest BCUT2D eigenvalue weighted by molar-refractivity contribution is 0.0730. The number of hydrogen-bond donors (Lipinski definition) is 1. The standard InChI is InChI=1S/C12H12N4OS/c13-10-3-1-2-8-7-16(5-4-9(8)10)12(17)11-6-14-18-15-11/h1-3,6H,4-5,7,13H2. The molecule has 0 radical (unpaired) electrons. The van der Waals surface area contributed by atoms with E-state index in [9.17, 15) is 4.79 Å². The Hall–Kier alpha value is -1.95. The van der Waals surface area contributed by atoms with Crippen LogP contribution in [0.4, 0.5) is 5.69 Å². The van der Waals surface area contributed by atoms with Crippen molar-refractivity contribution in [3.8, 4) is 0 Å². The van der Waals surface area contributed by atoms with Crippen LogP contribution in [0.2, 0.25) is 0 Å². The van der Waals surface area contributed by atoms with E-state index in [1.807, 2.05) is 18.2 Å². The molecule has 0 atom stereocenters. The lowest BCUT2D eigenvalue weighted by Crippen LogP contribution is -2.36. The van der Waals surface area contributed by atoms with E-state index < -0.39 is 0 Å². The molecule has 1 amide bonds. The van der Waals surface area contributed by atoms with Gasteiger partial charge in [-0.3, -0.25) is 4.79 Å². The molecule has 5 nitrogen and oxygen atoms in total. The third kappa shape index (κ3) is 1.84. The summed E-state index contributed by atoms with van der Waals surface area (Å²) in [6.45, 7) is 1.27. The largest absolute Gasteiger partial charge is 0.398 e. The van der Waals surface area contributed by atoms with Crippen molar-refractivity contribution in [2.45, 2.75) is 13.0 Å². The number of hydrogen-bond acceptors (Lipinski definition) is 5. The van der Waals surface area contributed by atoms with Gasteiger partial charge in [-0.25, -0.2) is 0 Å². The van der Waals surface area contributed by atoms with Gasteiger partial charge in [-0.1, -0.05) is 12.1 Å². The molecule has 18 heavy (non-hydrogen) atoms. The molecule has 0 bridgehead atoms. The minimum absolute atomic E-state index is 0.0585. The molecule has 0 aliphatic carbocycles. The third-order valence-electron chi connectivity index (χ3n) is 3.17. The minimum atomic E-state index is -0.0585. The SMILES string of the molecule is Nc1cccc2c1CCN(C(=O)c1cnsn1)C2. The number of nitrogen functional groups attached to an aromatic ring is 1. The summed E-state index contributed by atoms with van der Waals surface area (Å²) in [7, 11) is 0. The molecule has 1 aliphatic heterocycles. The fraction of sp³-hybridized carbons (Fsp3) is 0.250. The predicted octanol–water partition coefficient (Wildman–Crippen LogP) is 1.32. The van der Waals surface area contributed by atoms with Crippen LogP contribution < -0.4 is 5.73 Å². The molecular formula is C12H12N4OS. The highest BCUT2D eigenvalue weighted by Gasteiger charge is 2.24. The number of amides is 1. The number of nitrogens with zero attached hydrogens (tertiary/aromatic N) is 3. The van der Waals surface area contributed by atoms with Crippen LogP contribution in [0.3, 0.4) is 0 Å². The summed E-state index contributed by atoms with van der Waals surface area (Å²) in [5.74, 6) is -0.0585. The minimum Gasteiger partial charge on any atom is -0.398 e. The molecule has 0 saturated carbocycles. The van der Waals surface area contributed by atoms with E-state index in [-0.39, 0.29) is 5.91 Å². The van der Waals surface area contributed by atoms with Crippen LogP contribution in [0.5, 0.6) is 0 Å². The van der Waals surface area contributed by atoms with Gasteiger partial charge in [0.1, 0.15) is 0 Å². The normalized spacial score (nSPS) is 14.3. The average molecular weight is 260 g/mol. The zero-order valence-corrected chi connectivity index (χ0v) is 10.5. The van der Waals surface area contributed by atoms with Crippen molar-refractivity contribution in [2.24, 2.45) is 0 Å². The topological polar surface area (TPSA) is 72.1 Å². The van der Waals surface area contributed by atoms with Gasteiger partial charge in [0, 0.05) is 18.8 Å². The second kappa shape index (κ2) is 4.38. The van der Waals surface area contributed by atoms with Gasteiger partial charge < -0.3 is 10.6 Å². The van der Waals surface area contributed by atoms with E-state index in [0.717, 1.165) is 35.0 Å². The third-order valence-corrected chi connectivity index (χ3v) is 3.65. The monoisotopic (exact) mass is 260 g/mol. The molecule has 0 fully saturated rings. The van der Waals surface area contributed by atoms with E-state index in [1.165, 1.54) is 6.20 Å². The van der Waals surface area contributed by atoms with E-state index in [2.05, 4.69) is 8.75 Å². The zero-order valence-electron chi connectivity index (χ0n) is 9.67. The molecule has 2 N–H and O–H groups in total. The number of carbonyl (C=O) groups excluding carboxylic acids is 1. The molecule has 1 aliphatic rings. The van der Waals surface area contributed by atoms with Crippen molar-refractivity contribution in [3.05, 3.63) is 41.2 Å². The number of rotatable bonds is 1. The number of aromatic nitrogens is 2. The highest BCUT2D eigenvalue weighted by molar-refractivity contribution is 6.99. The second-order valence-electron chi connectivity index (χ2n) is 4.25. The first kappa shape index (κ1) is 11.2. The van der Waals surface area contributed by atoms with Crippen molar-refractivity contribution >= 4 is 23.3 Å². The van der Waals surface area contributed by atoms with Gasteiger partial charge in [-0.2, -0.15) is 8.75 Å². The average Bonchev–Trinajstić information content (AvgIpc) is 2.91. The number of nitrogens with two attached hydrogens (primary N) is 1. The molecule has 2 aromatic rings. The summed E-state index contributed by atoms with van der Waals surface area (Å²) in [5, 5.41) is 0. The maximum absolute atomic E-state index is 12.2. The van der Waals surface area contributed by atoms with Crippen molar-refractivity contribution < 1.29 is 4.79 Å². The molecule has 1 aromatic carbocycles. The first-order chi connectivity index (χ1) is 8.75. The van der Waals surface area contributed by atoms with Crippen molar-refractivity contribution in [1.29, 1.82) is 0 Å². The van der Waals surface area contributed by atoms with Gasteiger partial charge >= 0.3 is 0 Å². The van der Waals surface area contributed by atoms with Crippen molar-refractivity contribution in [2.75, 3.05) is 12.3 Å². The van der Waals surface area contributed by atoms with E-state index in [0.29, 0.717) is 18.8 Å². The summed E-state index contributed by atoms with van der Waals surface area (Å²) in [6.07, 6.45) is 2.31. The first-order valence-corrected chi connectivity index (χ1v) is 6.42. The maximum Gasteiger partial charge on any atom is 0.275 e. The van der Waals surface area contributed by atoms with E-state index >= 15 is 0 Å². The fourth-order valence-corrected chi connectivity index (χ4v) is 2.64. The Morgan fingerprint density at radius 2 is 2.33 bits per heavy atom. The molecule has 0 spiro atoms. The smallest absolute Gasteiger partial charge is 0.275 e. The van der Waals surface area contributed by atoms with Crippen LogP contribution in [0.15, 0.2) is 24.4 Å². The summed E-state index contributed by atoms with van der Waals surface area (Å²) >= 11 is 1.05. The molecule has 0 saturated heterocycles. The zero-order chi connectivity index (χ0) is 12.5. The Bertz CT molecular complexity index is 582. The van der Waals surface area contributed by atoms with Crippen LogP contribution in [-0.4, -0.2) is 26.1 Å². The number of fused-ring (bicyclic) bond motifs is 1. The highest BCUT2D eigenvalue weighted by atomic mass is 32.1. The Morgan fingerprint density at radius 3 is 3.11 bits per heavy atom. The Kier molecular flexibility index (Phi) is 2.71. The molecule has 3 rings (SSSR count). The maximum atomic E-state index is 12.2. The summed E-state index contributed by atoms with van der Waals surface area (Å²) in [6, 6.07) is 5.84. The summed E-state index contributed by atoms with van der Waals surface area (Å²) in [5.41, 5.74) is 9.46. The molecule has 2 heterocycles. The van der Waals surface area contributed by atoms with Crippen LogP contribution in [0.1, 0.15) is 21.6 Å². The lowest BCUT2D eigenvalue weighted by Gasteiger charge is -2.28. The molecule has 0 unspecified atom stereocenters. The van der Waals surface area contributed by atoms with Crippen LogP contribution in [0, 0.1) is 0 Å². The Morgan fingerprint density at radius 1 is 1.44 bits per heavy atom. The second-order valence-corrected chi connectivity index (χ2v) is 4.81. The number of carbonyl (C=O) groups is 1. The quantitative estimate of drug-likeness (QED) is 0.785. The van der Waals surface area contributed by atoms with E-state index in [4.69, 9.17) is 5.73 Å². The lowest BCUT2D eigenvalue weighted by atomic mass is 9.98. The number of anilines is 1. The van der Waals surface area contributed by atoms with Crippen molar-refractivity contribution in [1.82, 2.24) is 13.6 Å². The van der Waals surface area contributed by atoms with Gasteiger partial charge in [-0.05, 0) is 23.6 Å². The highest BCUT2D eigenvalue weighted by Crippen LogP contribution is 2.24. The van der Waals surface area contributed by atoms with Gasteiger partial charge in [0.05, 0.1) is 17.9 Å². The van der Waals surface area contributed by atoms with E-state index in [1.54, 1.807) is 4.90 Å². The van der Waals surface area contributed by atoms with Gasteiger partial charge in [0.2, 0.25) is 0 Å². The van der Waals surface area contributed by atoms with Crippen LogP contribution >= 0.6 is 11.7 Å². The number of benzene rings is 1. The molecule has 1 aromatic heterocycles. The summed E-state index contributed by atoms with van der Waals surface area (Å²) < 4.78 is 7.84. The van der Waals surface area contributed by atoms with Crippen LogP contribution in [0.25, 0.3) is 0 Å². The Balaban J connectivity index is 1.85. The van der Waals surface area contributed by atoms with Crippen molar-refractivity contribution in [3.63, 3.8) is 0 Å². The van der Waals surface area contributed by atoms with Gasteiger partial charge in [0.15, 0.2) is 5.69 Å². The van der Waals surface area contributed by atoms with Gasteiger partial charge in [0.25, 0.3) is 5.91 Å². The molecular weight excluding hydrogens is 248 g/mol. The first-order valence-electron chi connectivity index (χ1n) is 5.69. The fourth-order valence-electron chi connectivity index (χ4n) is 2.23. The predicted molar refractivity (Wildman–Crippen MR) is 69.2 cm³/mol. The molecule has 6 heteroatoms. The molecule has 92 valence electrons. The van der Waals surface area contributed by atoms with Crippen LogP contribution in [-0.2, 0) is 13.0 Å². The summed E-state index contributed by atoms with van der Waals surface area (Å²) in [4.78, 5) is 13.9. The van der Waals surface area contributed by atoms with Gasteiger partial charge in [-0.15, -0.1) is 0 Å². The Labute approximate surface area is 109 Å².